The minimum Gasteiger partial charge on any atom is -0.456 e. The molecule has 0 amide bonds. The lowest BCUT2D eigenvalue weighted by molar-refractivity contribution is 0.669. The normalized spacial score (nSPS) is 11.8. The van der Waals surface area contributed by atoms with Crippen LogP contribution in [0.5, 0.6) is 0 Å². The molecule has 2 aromatic heterocycles. The Kier molecular flexibility index (Phi) is 7.26. The number of hydrogen-bond acceptors (Lipinski definition) is 1. The highest BCUT2D eigenvalue weighted by Gasteiger charge is 2.22. The van der Waals surface area contributed by atoms with Crippen molar-refractivity contribution in [3.8, 4) is 50.2 Å². The van der Waals surface area contributed by atoms with Gasteiger partial charge < -0.3 is 8.98 Å². The van der Waals surface area contributed by atoms with Gasteiger partial charge in [-0.3, -0.25) is 0 Å². The van der Waals surface area contributed by atoms with Gasteiger partial charge in [0.1, 0.15) is 11.2 Å². The second kappa shape index (κ2) is 12.9. The zero-order valence-corrected chi connectivity index (χ0v) is 31.6. The van der Waals surface area contributed by atoms with E-state index in [4.69, 9.17) is 4.42 Å². The first-order valence-electron chi connectivity index (χ1n) is 19.9. The largest absolute Gasteiger partial charge is 0.456 e. The van der Waals surface area contributed by atoms with Crippen molar-refractivity contribution < 1.29 is 4.42 Å². The van der Waals surface area contributed by atoms with Gasteiger partial charge in [0.15, 0.2) is 0 Å². The molecule has 0 saturated heterocycles. The molecular formula is C56H35NO. The van der Waals surface area contributed by atoms with E-state index in [0.29, 0.717) is 0 Å². The van der Waals surface area contributed by atoms with E-state index in [1.54, 1.807) is 0 Å². The molecule has 2 heterocycles. The first-order valence-corrected chi connectivity index (χ1v) is 19.9. The number of fused-ring (bicyclic) bond motifs is 8. The standard InChI is InChI=1S/C56H35NO/c1-4-16-36(17-5-1)38-29-31-52-48(33-38)56-49(55-45-25-12-10-23-43(45)54(37-18-6-2-7-19-37)44-24-11-13-26-46(44)55)34-40(35-53(56)58-52)39-28-30-51-47(32-39)42-22-14-15-27-50(42)57(51)41-20-8-3-9-21-41/h1-35H. The highest BCUT2D eigenvalue weighted by molar-refractivity contribution is 6.26. The number of furan rings is 1. The number of rotatable bonds is 5. The molecule has 10 aromatic carbocycles. The molecule has 0 aliphatic heterocycles. The van der Waals surface area contributed by atoms with Crippen LogP contribution in [0, 0.1) is 0 Å². The smallest absolute Gasteiger partial charge is 0.136 e. The molecule has 0 fully saturated rings. The third-order valence-corrected chi connectivity index (χ3v) is 12.0. The van der Waals surface area contributed by atoms with Crippen LogP contribution in [0.3, 0.4) is 0 Å². The molecule has 0 spiro atoms. The Morgan fingerprint density at radius 3 is 1.50 bits per heavy atom. The number of hydrogen-bond donors (Lipinski definition) is 0. The van der Waals surface area contributed by atoms with Crippen molar-refractivity contribution in [3.63, 3.8) is 0 Å². The Morgan fingerprint density at radius 1 is 0.293 bits per heavy atom. The van der Waals surface area contributed by atoms with Crippen LogP contribution in [0.1, 0.15) is 0 Å². The number of nitrogens with zero attached hydrogens (tertiary/aromatic N) is 1. The van der Waals surface area contributed by atoms with Gasteiger partial charge in [-0.05, 0) is 121 Å². The summed E-state index contributed by atoms with van der Waals surface area (Å²) in [4.78, 5) is 0. The maximum Gasteiger partial charge on any atom is 0.136 e. The van der Waals surface area contributed by atoms with Gasteiger partial charge in [0.05, 0.1) is 11.0 Å². The van der Waals surface area contributed by atoms with Crippen molar-refractivity contribution in [1.82, 2.24) is 4.57 Å². The molecule has 0 aliphatic rings. The summed E-state index contributed by atoms with van der Waals surface area (Å²) in [6, 6.07) is 76.9. The SMILES string of the molecule is c1ccc(-c2ccc3oc4cc(-c5ccc6c(c5)c5ccccc5n6-c5ccccc5)cc(-c5c6ccccc6c(-c6ccccc6)c6ccccc56)c4c3c2)cc1. The molecule has 0 aliphatic carbocycles. The molecule has 0 N–H and O–H groups in total. The quantitative estimate of drug-likeness (QED) is 0.161. The van der Waals surface area contributed by atoms with Crippen molar-refractivity contribution >= 4 is 65.3 Å². The summed E-state index contributed by atoms with van der Waals surface area (Å²) in [7, 11) is 0. The minimum absolute atomic E-state index is 0.875. The second-order valence-electron chi connectivity index (χ2n) is 15.2. The van der Waals surface area contributed by atoms with Crippen LogP contribution >= 0.6 is 0 Å². The Hall–Kier alpha value is -7.68. The van der Waals surface area contributed by atoms with Gasteiger partial charge in [0.2, 0.25) is 0 Å². The molecule has 58 heavy (non-hydrogen) atoms. The molecule has 2 heteroatoms. The zero-order chi connectivity index (χ0) is 38.2. The van der Waals surface area contributed by atoms with Crippen molar-refractivity contribution in [3.05, 3.63) is 212 Å². The van der Waals surface area contributed by atoms with Crippen LogP contribution in [-0.4, -0.2) is 4.57 Å². The molecule has 0 saturated carbocycles. The summed E-state index contributed by atoms with van der Waals surface area (Å²) in [5, 5.41) is 9.58. The average Bonchev–Trinajstić information content (AvgIpc) is 3.84. The van der Waals surface area contributed by atoms with E-state index < -0.39 is 0 Å². The summed E-state index contributed by atoms with van der Waals surface area (Å²) in [5.74, 6) is 0. The van der Waals surface area contributed by atoms with Crippen LogP contribution in [0.15, 0.2) is 217 Å². The van der Waals surface area contributed by atoms with Crippen LogP contribution in [0.25, 0.3) is 115 Å². The molecule has 0 radical (unpaired) electrons. The van der Waals surface area contributed by atoms with Gasteiger partial charge in [-0.25, -0.2) is 0 Å². The predicted octanol–water partition coefficient (Wildman–Crippen LogP) is 15.7. The topological polar surface area (TPSA) is 18.1 Å². The molecular weight excluding hydrogens is 703 g/mol. The fraction of sp³-hybridized carbons (Fsp3) is 0. The fourth-order valence-corrected chi connectivity index (χ4v) is 9.42. The highest BCUT2D eigenvalue weighted by atomic mass is 16.3. The number of para-hydroxylation sites is 2. The molecule has 270 valence electrons. The monoisotopic (exact) mass is 737 g/mol. The van der Waals surface area contributed by atoms with E-state index >= 15 is 0 Å². The average molecular weight is 738 g/mol. The molecule has 12 aromatic rings. The Labute approximate surface area is 335 Å². The summed E-state index contributed by atoms with van der Waals surface area (Å²) in [6.07, 6.45) is 0. The maximum atomic E-state index is 6.90. The minimum atomic E-state index is 0.875. The Bertz CT molecular complexity index is 3480. The van der Waals surface area contributed by atoms with Crippen molar-refractivity contribution in [2.45, 2.75) is 0 Å². The lowest BCUT2D eigenvalue weighted by Crippen LogP contribution is -1.93. The number of aromatic nitrogens is 1. The second-order valence-corrected chi connectivity index (χ2v) is 15.2. The lowest BCUT2D eigenvalue weighted by Gasteiger charge is -2.19. The third-order valence-electron chi connectivity index (χ3n) is 12.0. The molecule has 0 unspecified atom stereocenters. The van der Waals surface area contributed by atoms with Gasteiger partial charge in [-0.1, -0.05) is 158 Å². The van der Waals surface area contributed by atoms with Gasteiger partial charge in [0, 0.05) is 27.2 Å². The van der Waals surface area contributed by atoms with Crippen molar-refractivity contribution in [2.24, 2.45) is 0 Å². The van der Waals surface area contributed by atoms with E-state index in [2.05, 4.69) is 217 Å². The third kappa shape index (κ3) is 4.99. The number of benzene rings is 10. The summed E-state index contributed by atoms with van der Waals surface area (Å²) in [5.41, 5.74) is 14.7. The van der Waals surface area contributed by atoms with Crippen molar-refractivity contribution in [2.75, 3.05) is 0 Å². The van der Waals surface area contributed by atoms with E-state index in [1.165, 1.54) is 71.2 Å². The van der Waals surface area contributed by atoms with Crippen molar-refractivity contribution in [1.29, 1.82) is 0 Å². The molecule has 2 nitrogen and oxygen atoms in total. The Balaban J connectivity index is 1.19. The van der Waals surface area contributed by atoms with Crippen LogP contribution in [0.2, 0.25) is 0 Å². The first kappa shape index (κ1) is 32.6. The van der Waals surface area contributed by atoms with Gasteiger partial charge in [-0.2, -0.15) is 0 Å². The lowest BCUT2D eigenvalue weighted by atomic mass is 9.84. The summed E-state index contributed by atoms with van der Waals surface area (Å²) in [6.45, 7) is 0. The van der Waals surface area contributed by atoms with Crippen LogP contribution in [-0.2, 0) is 0 Å². The highest BCUT2D eigenvalue weighted by Crippen LogP contribution is 2.49. The molecule has 0 bridgehead atoms. The first-order chi connectivity index (χ1) is 28.8. The summed E-state index contributed by atoms with van der Waals surface area (Å²) >= 11 is 0. The molecule has 12 rings (SSSR count). The molecule has 0 atom stereocenters. The van der Waals surface area contributed by atoms with Gasteiger partial charge in [0.25, 0.3) is 0 Å². The fourth-order valence-electron chi connectivity index (χ4n) is 9.42. The maximum absolute atomic E-state index is 6.90. The Morgan fingerprint density at radius 2 is 0.810 bits per heavy atom. The predicted molar refractivity (Wildman–Crippen MR) is 245 cm³/mol. The van der Waals surface area contributed by atoms with E-state index in [1.807, 2.05) is 0 Å². The zero-order valence-electron chi connectivity index (χ0n) is 31.6. The van der Waals surface area contributed by atoms with Gasteiger partial charge in [-0.15, -0.1) is 0 Å². The van der Waals surface area contributed by atoms with Crippen LogP contribution in [0.4, 0.5) is 0 Å². The van der Waals surface area contributed by atoms with Gasteiger partial charge >= 0.3 is 0 Å². The van der Waals surface area contributed by atoms with E-state index in [0.717, 1.165) is 44.3 Å². The van der Waals surface area contributed by atoms with E-state index in [9.17, 15) is 0 Å². The van der Waals surface area contributed by atoms with E-state index in [-0.39, 0.29) is 0 Å². The summed E-state index contributed by atoms with van der Waals surface area (Å²) < 4.78 is 9.27. The van der Waals surface area contributed by atoms with Crippen LogP contribution < -0.4 is 0 Å².